The summed E-state index contributed by atoms with van der Waals surface area (Å²) in [5.41, 5.74) is 7.69. The fraction of sp³-hybridized carbons (Fsp3) is 0.444. The molecular weight excluding hydrogens is 354 g/mol. The number of guanidine groups is 1. The van der Waals surface area contributed by atoms with Crippen LogP contribution in [0.1, 0.15) is 18.4 Å². The fourth-order valence-electron chi connectivity index (χ4n) is 3.34. The van der Waals surface area contributed by atoms with Gasteiger partial charge in [-0.2, -0.15) is 0 Å². The normalized spacial score (nSPS) is 20.0. The summed E-state index contributed by atoms with van der Waals surface area (Å²) >= 11 is 7.83. The summed E-state index contributed by atoms with van der Waals surface area (Å²) in [5.74, 6) is 0.659. The summed E-state index contributed by atoms with van der Waals surface area (Å²) < 4.78 is 0. The van der Waals surface area contributed by atoms with Gasteiger partial charge in [0.1, 0.15) is 0 Å². The molecule has 2 fully saturated rings. The first-order chi connectivity index (χ1) is 12.2. The fourth-order valence-corrected chi connectivity index (χ4v) is 4.23. The van der Waals surface area contributed by atoms with Crippen LogP contribution in [0.25, 0.3) is 0 Å². The summed E-state index contributed by atoms with van der Waals surface area (Å²) in [7, 11) is 0. The van der Waals surface area contributed by atoms with Crippen molar-refractivity contribution < 1.29 is 0 Å². The predicted molar refractivity (Wildman–Crippen MR) is 105 cm³/mol. The highest BCUT2D eigenvalue weighted by Crippen LogP contribution is 2.48. The molecule has 0 unspecified atom stereocenters. The number of piperazine rings is 1. The first kappa shape index (κ1) is 16.7. The Labute approximate surface area is 157 Å². The van der Waals surface area contributed by atoms with E-state index >= 15 is 0 Å². The first-order valence-corrected chi connectivity index (χ1v) is 9.87. The molecule has 2 aliphatic rings. The average molecular weight is 376 g/mol. The Bertz CT molecular complexity index is 749. The largest absolute Gasteiger partial charge is 0.370 e. The van der Waals surface area contributed by atoms with E-state index in [4.69, 9.17) is 22.3 Å². The van der Waals surface area contributed by atoms with Crippen molar-refractivity contribution in [1.82, 2.24) is 9.88 Å². The van der Waals surface area contributed by atoms with E-state index < -0.39 is 0 Å². The second-order valence-corrected chi connectivity index (χ2v) is 8.06. The third-order valence-corrected chi connectivity index (χ3v) is 6.20. The van der Waals surface area contributed by atoms with Crippen LogP contribution in [0, 0.1) is 0 Å². The van der Waals surface area contributed by atoms with Crippen LogP contribution in [0.15, 0.2) is 40.8 Å². The molecule has 1 aliphatic heterocycles. The number of aromatic nitrogens is 1. The van der Waals surface area contributed by atoms with Crippen molar-refractivity contribution in [3.8, 4) is 0 Å². The van der Waals surface area contributed by atoms with Gasteiger partial charge in [-0.25, -0.2) is 4.98 Å². The number of hydrogen-bond donors (Lipinski definition) is 1. The molecular formula is C18H22ClN5S. The van der Waals surface area contributed by atoms with E-state index in [1.54, 1.807) is 11.3 Å². The van der Waals surface area contributed by atoms with Crippen molar-refractivity contribution in [3.05, 3.63) is 46.4 Å². The maximum absolute atomic E-state index is 6.27. The van der Waals surface area contributed by atoms with E-state index in [1.807, 2.05) is 23.7 Å². The van der Waals surface area contributed by atoms with Crippen molar-refractivity contribution in [2.24, 2.45) is 10.7 Å². The zero-order valence-electron chi connectivity index (χ0n) is 14.1. The van der Waals surface area contributed by atoms with Gasteiger partial charge in [-0.05, 0) is 30.5 Å². The molecule has 2 N–H and O–H groups in total. The van der Waals surface area contributed by atoms with E-state index in [1.165, 1.54) is 5.56 Å². The van der Waals surface area contributed by atoms with Gasteiger partial charge in [0.25, 0.3) is 0 Å². The van der Waals surface area contributed by atoms with Gasteiger partial charge >= 0.3 is 0 Å². The monoisotopic (exact) mass is 375 g/mol. The van der Waals surface area contributed by atoms with Crippen molar-refractivity contribution >= 4 is 34.0 Å². The standard InChI is InChI=1S/C18H22ClN5S/c19-15-3-1-2-14(12-15)18(4-5-18)13-22-16(20)23-7-9-24(10-8-23)17-21-6-11-25-17/h1-3,6,11-12H,4-5,7-10,13H2,(H2,20,22). The van der Waals surface area contributed by atoms with Crippen LogP contribution in [-0.2, 0) is 5.41 Å². The molecule has 7 heteroatoms. The number of thiazole rings is 1. The number of hydrogen-bond acceptors (Lipinski definition) is 4. The Hall–Kier alpha value is -1.79. The van der Waals surface area contributed by atoms with Gasteiger partial charge in [0, 0.05) is 48.2 Å². The van der Waals surface area contributed by atoms with Crippen LogP contribution in [-0.4, -0.2) is 48.6 Å². The van der Waals surface area contributed by atoms with E-state index in [2.05, 4.69) is 26.9 Å². The van der Waals surface area contributed by atoms with E-state index in [0.29, 0.717) is 5.96 Å². The topological polar surface area (TPSA) is 57.8 Å². The van der Waals surface area contributed by atoms with Crippen LogP contribution in [0.5, 0.6) is 0 Å². The Morgan fingerprint density at radius 3 is 2.72 bits per heavy atom. The molecule has 4 rings (SSSR count). The molecule has 0 bridgehead atoms. The smallest absolute Gasteiger partial charge is 0.191 e. The molecule has 0 atom stereocenters. The molecule has 0 amide bonds. The van der Waals surface area contributed by atoms with Crippen LogP contribution in [0.3, 0.4) is 0 Å². The molecule has 1 aliphatic carbocycles. The zero-order valence-corrected chi connectivity index (χ0v) is 15.6. The Morgan fingerprint density at radius 2 is 2.08 bits per heavy atom. The molecule has 5 nitrogen and oxygen atoms in total. The van der Waals surface area contributed by atoms with Gasteiger partial charge in [-0.1, -0.05) is 23.7 Å². The quantitative estimate of drug-likeness (QED) is 0.659. The summed E-state index contributed by atoms with van der Waals surface area (Å²) in [6.07, 6.45) is 4.16. The van der Waals surface area contributed by atoms with Gasteiger partial charge < -0.3 is 15.5 Å². The molecule has 132 valence electrons. The molecule has 1 aromatic carbocycles. The molecule has 25 heavy (non-hydrogen) atoms. The molecule has 0 spiro atoms. The molecule has 1 aromatic heterocycles. The molecule has 1 saturated heterocycles. The van der Waals surface area contributed by atoms with Crippen molar-refractivity contribution in [3.63, 3.8) is 0 Å². The van der Waals surface area contributed by atoms with Crippen LogP contribution >= 0.6 is 22.9 Å². The van der Waals surface area contributed by atoms with Gasteiger partial charge in [0.05, 0.1) is 6.54 Å². The van der Waals surface area contributed by atoms with E-state index in [9.17, 15) is 0 Å². The molecule has 1 saturated carbocycles. The minimum absolute atomic E-state index is 0.137. The number of rotatable bonds is 4. The van der Waals surface area contributed by atoms with E-state index in [0.717, 1.165) is 55.7 Å². The van der Waals surface area contributed by atoms with Crippen molar-refractivity contribution in [2.45, 2.75) is 18.3 Å². The summed E-state index contributed by atoms with van der Waals surface area (Å²) in [6, 6.07) is 8.15. The van der Waals surface area contributed by atoms with Gasteiger partial charge in [0.2, 0.25) is 0 Å². The van der Waals surface area contributed by atoms with Gasteiger partial charge in [0.15, 0.2) is 11.1 Å². The Balaban J connectivity index is 1.36. The summed E-state index contributed by atoms with van der Waals surface area (Å²) in [6.45, 7) is 4.39. The zero-order chi connectivity index (χ0) is 17.3. The number of nitrogens with zero attached hydrogens (tertiary/aromatic N) is 4. The molecule has 2 heterocycles. The Kier molecular flexibility index (Phi) is 4.56. The number of benzene rings is 1. The highest BCUT2D eigenvalue weighted by atomic mass is 35.5. The lowest BCUT2D eigenvalue weighted by molar-refractivity contribution is 0.380. The van der Waals surface area contributed by atoms with Gasteiger partial charge in [-0.15, -0.1) is 11.3 Å². The SMILES string of the molecule is NC(=NCC1(c2cccc(Cl)c2)CC1)N1CCN(c2nccs2)CC1. The highest BCUT2D eigenvalue weighted by Gasteiger charge is 2.44. The lowest BCUT2D eigenvalue weighted by Crippen LogP contribution is -2.51. The number of halogens is 1. The van der Waals surface area contributed by atoms with Crippen molar-refractivity contribution in [1.29, 1.82) is 0 Å². The third-order valence-electron chi connectivity index (χ3n) is 5.13. The maximum atomic E-state index is 6.27. The highest BCUT2D eigenvalue weighted by molar-refractivity contribution is 7.13. The van der Waals surface area contributed by atoms with Crippen molar-refractivity contribution in [2.75, 3.05) is 37.6 Å². The lowest BCUT2D eigenvalue weighted by Gasteiger charge is -2.35. The van der Waals surface area contributed by atoms with Gasteiger partial charge in [-0.3, -0.25) is 4.99 Å². The van der Waals surface area contributed by atoms with Crippen LogP contribution in [0.2, 0.25) is 5.02 Å². The predicted octanol–water partition coefficient (Wildman–Crippen LogP) is 2.97. The molecule has 0 radical (unpaired) electrons. The summed E-state index contributed by atoms with van der Waals surface area (Å²) in [5, 5.41) is 3.90. The average Bonchev–Trinajstić information content (AvgIpc) is 3.23. The maximum Gasteiger partial charge on any atom is 0.191 e. The number of nitrogens with two attached hydrogens (primary N) is 1. The minimum Gasteiger partial charge on any atom is -0.370 e. The third kappa shape index (κ3) is 3.60. The second kappa shape index (κ2) is 6.84. The first-order valence-electron chi connectivity index (χ1n) is 8.62. The summed E-state index contributed by atoms with van der Waals surface area (Å²) in [4.78, 5) is 13.6. The van der Waals surface area contributed by atoms with Crippen LogP contribution < -0.4 is 10.6 Å². The Morgan fingerprint density at radius 1 is 1.28 bits per heavy atom. The molecule has 2 aromatic rings. The number of aliphatic imine (C=N–C) groups is 1. The minimum atomic E-state index is 0.137. The van der Waals surface area contributed by atoms with E-state index in [-0.39, 0.29) is 5.41 Å². The number of anilines is 1. The van der Waals surface area contributed by atoms with Crippen LogP contribution in [0.4, 0.5) is 5.13 Å². The lowest BCUT2D eigenvalue weighted by atomic mass is 9.96. The second-order valence-electron chi connectivity index (χ2n) is 6.75.